The van der Waals surface area contributed by atoms with E-state index in [-0.39, 0.29) is 12.2 Å². The minimum absolute atomic E-state index is 0.0781. The number of oxazole rings is 1. The number of benzene rings is 1. The van der Waals surface area contributed by atoms with Gasteiger partial charge in [-0.2, -0.15) is 0 Å². The van der Waals surface area contributed by atoms with E-state index in [0.717, 1.165) is 52.3 Å². The predicted molar refractivity (Wildman–Crippen MR) is 119 cm³/mol. The van der Waals surface area contributed by atoms with Crippen molar-refractivity contribution in [2.75, 3.05) is 20.1 Å². The molecule has 7 nitrogen and oxygen atoms in total. The molecule has 4 heterocycles. The minimum atomic E-state index is -0.0781. The van der Waals surface area contributed by atoms with Crippen molar-refractivity contribution in [3.8, 4) is 10.6 Å². The number of rotatable bonds is 5. The molecular formula is C23H23N5O2S. The third kappa shape index (κ3) is 4.26. The van der Waals surface area contributed by atoms with E-state index in [4.69, 9.17) is 4.42 Å². The van der Waals surface area contributed by atoms with Gasteiger partial charge in [0.25, 0.3) is 0 Å². The Morgan fingerprint density at radius 3 is 2.81 bits per heavy atom. The Labute approximate surface area is 184 Å². The molecule has 1 saturated heterocycles. The summed E-state index contributed by atoms with van der Waals surface area (Å²) in [6.07, 6.45) is 5.50. The van der Waals surface area contributed by atoms with Gasteiger partial charge in [-0.3, -0.25) is 9.78 Å². The molecule has 1 aliphatic rings. The number of ketones is 1. The summed E-state index contributed by atoms with van der Waals surface area (Å²) in [4.78, 5) is 24.1. The molecule has 158 valence electrons. The topological polar surface area (TPSA) is 85.0 Å². The molecule has 0 aliphatic carbocycles. The molecule has 0 amide bonds. The van der Waals surface area contributed by atoms with Gasteiger partial charge in [-0.05, 0) is 57.4 Å². The maximum absolute atomic E-state index is 12.8. The maximum atomic E-state index is 12.8. The summed E-state index contributed by atoms with van der Waals surface area (Å²) >= 11 is 1.56. The molecule has 0 spiro atoms. The van der Waals surface area contributed by atoms with Crippen LogP contribution < -0.4 is 0 Å². The van der Waals surface area contributed by atoms with Gasteiger partial charge in [0.15, 0.2) is 11.7 Å². The Morgan fingerprint density at radius 2 is 2.03 bits per heavy atom. The van der Waals surface area contributed by atoms with Gasteiger partial charge in [0, 0.05) is 28.8 Å². The number of pyridine rings is 1. The van der Waals surface area contributed by atoms with Crippen LogP contribution in [0.1, 0.15) is 45.8 Å². The molecule has 31 heavy (non-hydrogen) atoms. The predicted octanol–water partition coefficient (Wildman–Crippen LogP) is 4.28. The van der Waals surface area contributed by atoms with Gasteiger partial charge in [0.2, 0.25) is 0 Å². The Morgan fingerprint density at radius 1 is 1.19 bits per heavy atom. The summed E-state index contributed by atoms with van der Waals surface area (Å²) in [6, 6.07) is 8.07. The molecule has 0 N–H and O–H groups in total. The highest BCUT2D eigenvalue weighted by Gasteiger charge is 2.24. The van der Waals surface area contributed by atoms with Crippen molar-refractivity contribution < 1.29 is 9.21 Å². The number of hydrogen-bond donors (Lipinski definition) is 0. The molecule has 5 rings (SSSR count). The lowest BCUT2D eigenvalue weighted by Gasteiger charge is -2.26. The average molecular weight is 434 g/mol. The molecule has 3 aromatic heterocycles. The van der Waals surface area contributed by atoms with Gasteiger partial charge in [0.05, 0.1) is 6.42 Å². The van der Waals surface area contributed by atoms with Crippen LogP contribution in [0.5, 0.6) is 0 Å². The van der Waals surface area contributed by atoms with E-state index in [1.807, 2.05) is 25.1 Å². The molecular weight excluding hydrogens is 410 g/mol. The SMILES string of the molecule is Cc1nnc(-c2ccc3cnc(CC(=O)c4coc(C5CCN(C)CC5)n4)cc3c2)s1. The molecule has 0 atom stereocenters. The van der Waals surface area contributed by atoms with Crippen LogP contribution in [0.4, 0.5) is 0 Å². The lowest BCUT2D eigenvalue weighted by molar-refractivity contribution is 0.0987. The average Bonchev–Trinajstić information content (AvgIpc) is 3.43. The van der Waals surface area contributed by atoms with Crippen molar-refractivity contribution in [1.82, 2.24) is 25.1 Å². The van der Waals surface area contributed by atoms with Gasteiger partial charge < -0.3 is 9.32 Å². The van der Waals surface area contributed by atoms with Crippen LogP contribution in [0.2, 0.25) is 0 Å². The standard InChI is InChI=1S/C23H23N5O2S/c1-14-26-27-23(31-14)16-3-4-17-12-24-19(10-18(17)9-16)11-21(29)20-13-30-22(25-20)15-5-7-28(2)8-6-15/h3-4,9-10,12-13,15H,5-8,11H2,1-2H3. The van der Waals surface area contributed by atoms with E-state index in [1.54, 1.807) is 17.5 Å². The maximum Gasteiger partial charge on any atom is 0.197 e. The first-order valence-electron chi connectivity index (χ1n) is 10.4. The highest BCUT2D eigenvalue weighted by atomic mass is 32.1. The van der Waals surface area contributed by atoms with E-state index < -0.39 is 0 Å². The zero-order valence-corrected chi connectivity index (χ0v) is 18.4. The molecule has 1 aliphatic heterocycles. The fraction of sp³-hybridized carbons (Fsp3) is 0.348. The first-order valence-corrected chi connectivity index (χ1v) is 11.2. The number of Topliss-reactive ketones (excluding diaryl/α,β-unsaturated/α-hetero) is 1. The monoisotopic (exact) mass is 433 g/mol. The number of piperidine rings is 1. The Bertz CT molecular complexity index is 1240. The van der Waals surface area contributed by atoms with Crippen LogP contribution in [-0.4, -0.2) is 51.0 Å². The third-order valence-corrected chi connectivity index (χ3v) is 6.66. The van der Waals surface area contributed by atoms with Gasteiger partial charge in [-0.25, -0.2) is 4.98 Å². The second-order valence-corrected chi connectivity index (χ2v) is 9.29. The molecule has 8 heteroatoms. The molecule has 0 saturated carbocycles. The number of aromatic nitrogens is 4. The molecule has 0 bridgehead atoms. The van der Waals surface area contributed by atoms with Gasteiger partial charge in [-0.15, -0.1) is 10.2 Å². The second kappa shape index (κ2) is 8.28. The van der Waals surface area contributed by atoms with E-state index in [1.165, 1.54) is 6.26 Å². The number of aryl methyl sites for hydroxylation is 1. The summed E-state index contributed by atoms with van der Waals surface area (Å²) in [6.45, 7) is 3.99. The largest absolute Gasteiger partial charge is 0.448 e. The van der Waals surface area contributed by atoms with Crippen LogP contribution >= 0.6 is 11.3 Å². The summed E-state index contributed by atoms with van der Waals surface area (Å²) in [7, 11) is 2.12. The number of likely N-dealkylation sites (tertiary alicyclic amines) is 1. The highest BCUT2D eigenvalue weighted by molar-refractivity contribution is 7.14. The van der Waals surface area contributed by atoms with Crippen LogP contribution in [0.3, 0.4) is 0 Å². The van der Waals surface area contributed by atoms with Crippen molar-refractivity contribution in [2.45, 2.75) is 32.1 Å². The van der Waals surface area contributed by atoms with Gasteiger partial charge >= 0.3 is 0 Å². The van der Waals surface area contributed by atoms with Crippen molar-refractivity contribution in [2.24, 2.45) is 0 Å². The first kappa shape index (κ1) is 20.0. The lowest BCUT2D eigenvalue weighted by Crippen LogP contribution is -2.29. The van der Waals surface area contributed by atoms with E-state index in [0.29, 0.717) is 23.2 Å². The fourth-order valence-corrected chi connectivity index (χ4v) is 4.63. The molecule has 1 fully saturated rings. The van der Waals surface area contributed by atoms with Crippen LogP contribution in [0, 0.1) is 6.92 Å². The van der Waals surface area contributed by atoms with Crippen molar-refractivity contribution >= 4 is 27.9 Å². The van der Waals surface area contributed by atoms with E-state index in [9.17, 15) is 4.79 Å². The van der Waals surface area contributed by atoms with Crippen molar-refractivity contribution in [3.05, 3.63) is 59.0 Å². The Hall–Kier alpha value is -2.97. The zero-order valence-electron chi connectivity index (χ0n) is 17.5. The molecule has 4 aromatic rings. The van der Waals surface area contributed by atoms with Crippen molar-refractivity contribution in [3.63, 3.8) is 0 Å². The summed E-state index contributed by atoms with van der Waals surface area (Å²) in [5.74, 6) is 0.893. The first-order chi connectivity index (χ1) is 15.0. The van der Waals surface area contributed by atoms with Gasteiger partial charge in [0.1, 0.15) is 22.0 Å². The van der Waals surface area contributed by atoms with Crippen LogP contribution in [0.25, 0.3) is 21.3 Å². The Balaban J connectivity index is 1.33. The molecule has 0 unspecified atom stereocenters. The number of carbonyl (C=O) groups is 1. The number of hydrogen-bond acceptors (Lipinski definition) is 8. The summed E-state index contributed by atoms with van der Waals surface area (Å²) in [5.41, 5.74) is 2.11. The minimum Gasteiger partial charge on any atom is -0.448 e. The fourth-order valence-electron chi connectivity index (χ4n) is 3.94. The Kier molecular flexibility index (Phi) is 5.33. The van der Waals surface area contributed by atoms with Crippen LogP contribution in [-0.2, 0) is 6.42 Å². The third-order valence-electron chi connectivity index (χ3n) is 5.77. The number of nitrogens with zero attached hydrogens (tertiary/aromatic N) is 5. The zero-order chi connectivity index (χ0) is 21.4. The summed E-state index contributed by atoms with van der Waals surface area (Å²) in [5, 5.41) is 12.2. The normalized spacial score (nSPS) is 15.5. The van der Waals surface area contributed by atoms with Gasteiger partial charge in [-0.1, -0.05) is 23.5 Å². The quantitative estimate of drug-likeness (QED) is 0.434. The van der Waals surface area contributed by atoms with Crippen LogP contribution in [0.15, 0.2) is 41.1 Å². The smallest absolute Gasteiger partial charge is 0.197 e. The molecule has 1 aromatic carbocycles. The summed E-state index contributed by atoms with van der Waals surface area (Å²) < 4.78 is 5.65. The van der Waals surface area contributed by atoms with E-state index in [2.05, 4.69) is 38.2 Å². The lowest BCUT2D eigenvalue weighted by atomic mass is 9.97. The highest BCUT2D eigenvalue weighted by Crippen LogP contribution is 2.28. The second-order valence-electron chi connectivity index (χ2n) is 8.11. The van der Waals surface area contributed by atoms with Crippen molar-refractivity contribution in [1.29, 1.82) is 0 Å². The number of fused-ring (bicyclic) bond motifs is 1. The number of carbonyl (C=O) groups excluding carboxylic acids is 1. The van der Waals surface area contributed by atoms with E-state index >= 15 is 0 Å². The molecule has 0 radical (unpaired) electrons.